The summed E-state index contributed by atoms with van der Waals surface area (Å²) in [6, 6.07) is 7.48. The van der Waals surface area contributed by atoms with Crippen LogP contribution in [0.1, 0.15) is 18.9 Å². The van der Waals surface area contributed by atoms with Crippen molar-refractivity contribution in [3.63, 3.8) is 0 Å². The summed E-state index contributed by atoms with van der Waals surface area (Å²) in [5, 5.41) is 9.58. The number of rotatable bonds is 3. The molecule has 14 heavy (non-hydrogen) atoms. The highest BCUT2D eigenvalue weighted by Crippen LogP contribution is 2.23. The van der Waals surface area contributed by atoms with Crippen LogP contribution in [-0.2, 0) is 0 Å². The van der Waals surface area contributed by atoms with E-state index < -0.39 is 0 Å². The van der Waals surface area contributed by atoms with Crippen LogP contribution in [0.4, 0.5) is 5.69 Å². The van der Waals surface area contributed by atoms with E-state index in [1.165, 1.54) is 0 Å². The Balaban J connectivity index is 3.05. The van der Waals surface area contributed by atoms with Gasteiger partial charge >= 0.3 is 0 Å². The van der Waals surface area contributed by atoms with Crippen LogP contribution in [0.3, 0.4) is 0 Å². The first kappa shape index (κ1) is 10.9. The molecule has 0 aromatic heterocycles. The number of hydrogen-bond donors (Lipinski definition) is 0. The van der Waals surface area contributed by atoms with Crippen molar-refractivity contribution < 1.29 is 0 Å². The molecule has 0 aliphatic heterocycles. The van der Waals surface area contributed by atoms with Gasteiger partial charge in [-0.2, -0.15) is 5.26 Å². The fraction of sp³-hybridized carbons (Fsp3) is 0.364. The minimum absolute atomic E-state index is 0.668. The molecule has 0 saturated carbocycles. The summed E-state index contributed by atoms with van der Waals surface area (Å²) in [4.78, 5) is 2.05. The molecule has 1 aromatic rings. The van der Waals surface area contributed by atoms with Crippen molar-refractivity contribution >= 4 is 17.3 Å². The SMILES string of the molecule is CCCN(C)c1cc(Cl)ccc1C#N. The van der Waals surface area contributed by atoms with E-state index in [2.05, 4.69) is 13.0 Å². The fourth-order valence-electron chi connectivity index (χ4n) is 1.37. The summed E-state index contributed by atoms with van der Waals surface area (Å²) in [5.41, 5.74) is 1.58. The Morgan fingerprint density at radius 3 is 2.79 bits per heavy atom. The molecule has 2 nitrogen and oxygen atoms in total. The van der Waals surface area contributed by atoms with Gasteiger partial charge in [0.2, 0.25) is 0 Å². The minimum Gasteiger partial charge on any atom is -0.373 e. The van der Waals surface area contributed by atoms with Gasteiger partial charge in [0.15, 0.2) is 0 Å². The topological polar surface area (TPSA) is 27.0 Å². The van der Waals surface area contributed by atoms with Gasteiger partial charge in [0, 0.05) is 18.6 Å². The van der Waals surface area contributed by atoms with E-state index >= 15 is 0 Å². The van der Waals surface area contributed by atoms with Gasteiger partial charge in [-0.1, -0.05) is 18.5 Å². The number of nitrogens with zero attached hydrogens (tertiary/aromatic N) is 2. The summed E-state index contributed by atoms with van der Waals surface area (Å²) in [6.45, 7) is 3.03. The summed E-state index contributed by atoms with van der Waals surface area (Å²) in [5.74, 6) is 0. The predicted molar refractivity (Wildman–Crippen MR) is 59.7 cm³/mol. The number of benzene rings is 1. The third kappa shape index (κ3) is 2.40. The molecule has 0 amide bonds. The molecule has 0 N–H and O–H groups in total. The Morgan fingerprint density at radius 1 is 1.50 bits per heavy atom. The first-order chi connectivity index (χ1) is 6.69. The van der Waals surface area contributed by atoms with Crippen molar-refractivity contribution in [3.8, 4) is 6.07 Å². The van der Waals surface area contributed by atoms with E-state index in [1.54, 1.807) is 12.1 Å². The summed E-state index contributed by atoms with van der Waals surface area (Å²) < 4.78 is 0. The maximum Gasteiger partial charge on any atom is 0.101 e. The van der Waals surface area contributed by atoms with E-state index in [-0.39, 0.29) is 0 Å². The lowest BCUT2D eigenvalue weighted by molar-refractivity contribution is 0.851. The van der Waals surface area contributed by atoms with Gasteiger partial charge < -0.3 is 4.90 Å². The van der Waals surface area contributed by atoms with Crippen LogP contribution in [-0.4, -0.2) is 13.6 Å². The van der Waals surface area contributed by atoms with Crippen LogP contribution in [0.5, 0.6) is 0 Å². The van der Waals surface area contributed by atoms with Crippen molar-refractivity contribution in [2.75, 3.05) is 18.5 Å². The van der Waals surface area contributed by atoms with Crippen LogP contribution >= 0.6 is 11.6 Å². The van der Waals surface area contributed by atoms with Crippen LogP contribution in [0, 0.1) is 11.3 Å². The molecule has 0 aliphatic carbocycles. The maximum absolute atomic E-state index is 8.91. The second kappa shape index (κ2) is 4.88. The zero-order valence-electron chi connectivity index (χ0n) is 8.42. The quantitative estimate of drug-likeness (QED) is 0.764. The van der Waals surface area contributed by atoms with Crippen LogP contribution < -0.4 is 4.90 Å². The highest BCUT2D eigenvalue weighted by atomic mass is 35.5. The molecule has 0 saturated heterocycles. The highest BCUT2D eigenvalue weighted by molar-refractivity contribution is 6.30. The molecule has 0 spiro atoms. The lowest BCUT2D eigenvalue weighted by Gasteiger charge is -2.19. The van der Waals surface area contributed by atoms with Gasteiger partial charge in [-0.15, -0.1) is 0 Å². The Bertz CT molecular complexity index is 355. The molecule has 0 radical (unpaired) electrons. The average Bonchev–Trinajstić information content (AvgIpc) is 2.18. The van der Waals surface area contributed by atoms with Gasteiger partial charge in [-0.3, -0.25) is 0 Å². The first-order valence-corrected chi connectivity index (χ1v) is 4.97. The van der Waals surface area contributed by atoms with E-state index in [4.69, 9.17) is 16.9 Å². The van der Waals surface area contributed by atoms with Crippen LogP contribution in [0.2, 0.25) is 5.02 Å². The van der Waals surface area contributed by atoms with Gasteiger partial charge in [-0.05, 0) is 24.6 Å². The normalized spacial score (nSPS) is 9.57. The standard InChI is InChI=1S/C11H13ClN2/c1-3-6-14(2)11-7-10(12)5-4-9(11)8-13/h4-5,7H,3,6H2,1-2H3. The molecule has 0 fully saturated rings. The van der Waals surface area contributed by atoms with Gasteiger partial charge in [0.1, 0.15) is 6.07 Å². The van der Waals surface area contributed by atoms with Crippen molar-refractivity contribution in [2.45, 2.75) is 13.3 Å². The average molecular weight is 209 g/mol. The highest BCUT2D eigenvalue weighted by Gasteiger charge is 2.06. The molecular weight excluding hydrogens is 196 g/mol. The third-order valence-electron chi connectivity index (χ3n) is 2.05. The zero-order chi connectivity index (χ0) is 10.6. The van der Waals surface area contributed by atoms with Crippen molar-refractivity contribution in [3.05, 3.63) is 28.8 Å². The first-order valence-electron chi connectivity index (χ1n) is 4.59. The lowest BCUT2D eigenvalue weighted by Crippen LogP contribution is -2.18. The molecule has 0 unspecified atom stereocenters. The molecule has 0 atom stereocenters. The maximum atomic E-state index is 8.91. The van der Waals surface area contributed by atoms with Gasteiger partial charge in [-0.25, -0.2) is 0 Å². The van der Waals surface area contributed by atoms with Crippen molar-refractivity contribution in [1.82, 2.24) is 0 Å². The molecule has 74 valence electrons. The van der Waals surface area contributed by atoms with Crippen molar-refractivity contribution in [2.24, 2.45) is 0 Å². The number of nitriles is 1. The minimum atomic E-state index is 0.668. The van der Waals surface area contributed by atoms with E-state index in [1.807, 2.05) is 18.0 Å². The number of halogens is 1. The second-order valence-corrected chi connectivity index (χ2v) is 3.63. The summed E-state index contributed by atoms with van der Waals surface area (Å²) in [6.07, 6.45) is 1.05. The van der Waals surface area contributed by atoms with Crippen molar-refractivity contribution in [1.29, 1.82) is 5.26 Å². The lowest BCUT2D eigenvalue weighted by atomic mass is 10.2. The van der Waals surface area contributed by atoms with Gasteiger partial charge in [0.05, 0.1) is 11.3 Å². The molecule has 1 aromatic carbocycles. The molecule has 3 heteroatoms. The van der Waals surface area contributed by atoms with Gasteiger partial charge in [0.25, 0.3) is 0 Å². The predicted octanol–water partition coefficient (Wildman–Crippen LogP) is 3.06. The van der Waals surface area contributed by atoms with E-state index in [0.717, 1.165) is 18.7 Å². The zero-order valence-corrected chi connectivity index (χ0v) is 9.17. The summed E-state index contributed by atoms with van der Waals surface area (Å²) >= 11 is 5.88. The van der Waals surface area contributed by atoms with Crippen LogP contribution in [0.15, 0.2) is 18.2 Å². The third-order valence-corrected chi connectivity index (χ3v) is 2.29. The van der Waals surface area contributed by atoms with E-state index in [0.29, 0.717) is 10.6 Å². The smallest absolute Gasteiger partial charge is 0.101 e. The molecule has 0 bridgehead atoms. The van der Waals surface area contributed by atoms with Crippen LogP contribution in [0.25, 0.3) is 0 Å². The Morgan fingerprint density at radius 2 is 2.21 bits per heavy atom. The molecule has 0 heterocycles. The Labute approximate surface area is 89.7 Å². The number of hydrogen-bond acceptors (Lipinski definition) is 2. The second-order valence-electron chi connectivity index (χ2n) is 3.19. The largest absolute Gasteiger partial charge is 0.373 e. The van der Waals surface area contributed by atoms with E-state index in [9.17, 15) is 0 Å². The monoisotopic (exact) mass is 208 g/mol. The fourth-order valence-corrected chi connectivity index (χ4v) is 1.54. The Hall–Kier alpha value is -1.20. The summed E-state index contributed by atoms with van der Waals surface area (Å²) in [7, 11) is 1.97. The molecular formula is C11H13ClN2. The molecule has 0 aliphatic rings. The Kier molecular flexibility index (Phi) is 3.79. The molecule has 1 rings (SSSR count). The number of anilines is 1.